The first kappa shape index (κ1) is 19.0. The Balaban J connectivity index is 1.30. The van der Waals surface area contributed by atoms with Gasteiger partial charge in [0.15, 0.2) is 10.8 Å². The van der Waals surface area contributed by atoms with Crippen LogP contribution >= 0.6 is 11.3 Å². The lowest BCUT2D eigenvalue weighted by Crippen LogP contribution is -2.14. The van der Waals surface area contributed by atoms with Gasteiger partial charge in [-0.15, -0.1) is 11.3 Å². The number of furan rings is 1. The molecule has 1 N–H and O–H groups in total. The van der Waals surface area contributed by atoms with E-state index >= 15 is 0 Å². The van der Waals surface area contributed by atoms with Crippen molar-refractivity contribution in [2.45, 2.75) is 20.0 Å². The Kier molecular flexibility index (Phi) is 5.72. The summed E-state index contributed by atoms with van der Waals surface area (Å²) in [7, 11) is 0. The van der Waals surface area contributed by atoms with Crippen molar-refractivity contribution in [3.8, 4) is 16.5 Å². The maximum absolute atomic E-state index is 12.3. The monoisotopic (exact) mass is 404 g/mol. The van der Waals surface area contributed by atoms with E-state index in [1.165, 1.54) is 11.3 Å². The number of amides is 1. The van der Waals surface area contributed by atoms with Crippen LogP contribution in [0.5, 0.6) is 5.75 Å². The zero-order chi connectivity index (χ0) is 20.1. The third kappa shape index (κ3) is 5.12. The molecule has 0 atom stereocenters. The predicted octanol–water partition coefficient (Wildman–Crippen LogP) is 5.47. The minimum atomic E-state index is -0.115. The number of carbonyl (C=O) groups is 1. The van der Waals surface area contributed by atoms with Crippen molar-refractivity contribution in [1.82, 2.24) is 4.98 Å². The summed E-state index contributed by atoms with van der Waals surface area (Å²) in [6.07, 6.45) is 0.211. The van der Waals surface area contributed by atoms with E-state index in [-0.39, 0.29) is 12.3 Å². The summed E-state index contributed by atoms with van der Waals surface area (Å²) in [5.41, 5.74) is 2.55. The van der Waals surface area contributed by atoms with Gasteiger partial charge in [-0.1, -0.05) is 30.3 Å². The third-order valence-corrected chi connectivity index (χ3v) is 5.14. The molecule has 29 heavy (non-hydrogen) atoms. The van der Waals surface area contributed by atoms with Crippen LogP contribution < -0.4 is 10.1 Å². The molecule has 6 heteroatoms. The quantitative estimate of drug-likeness (QED) is 0.443. The highest BCUT2D eigenvalue weighted by Gasteiger charge is 2.11. The Morgan fingerprint density at radius 1 is 1.07 bits per heavy atom. The lowest BCUT2D eigenvalue weighted by atomic mass is 10.2. The minimum absolute atomic E-state index is 0.115. The molecule has 0 saturated heterocycles. The van der Waals surface area contributed by atoms with E-state index in [0.29, 0.717) is 6.61 Å². The van der Waals surface area contributed by atoms with Gasteiger partial charge in [0.05, 0.1) is 12.1 Å². The van der Waals surface area contributed by atoms with Crippen molar-refractivity contribution >= 4 is 22.9 Å². The molecule has 1 amide bonds. The number of hydrogen-bond donors (Lipinski definition) is 1. The second-order valence-electron chi connectivity index (χ2n) is 6.58. The molecular weight excluding hydrogens is 384 g/mol. The van der Waals surface area contributed by atoms with Crippen molar-refractivity contribution in [2.24, 2.45) is 0 Å². The van der Waals surface area contributed by atoms with E-state index in [1.54, 1.807) is 0 Å². The number of carbonyl (C=O) groups excluding carboxylic acids is 1. The van der Waals surface area contributed by atoms with Gasteiger partial charge in [0.25, 0.3) is 0 Å². The number of thiazole rings is 1. The molecule has 0 aliphatic heterocycles. The van der Waals surface area contributed by atoms with Gasteiger partial charge in [-0.3, -0.25) is 4.79 Å². The van der Waals surface area contributed by atoms with Crippen molar-refractivity contribution < 1.29 is 13.9 Å². The Morgan fingerprint density at radius 2 is 1.86 bits per heavy atom. The van der Waals surface area contributed by atoms with Crippen LogP contribution in [-0.4, -0.2) is 10.9 Å². The number of aromatic nitrogens is 1. The average molecular weight is 404 g/mol. The fraction of sp³-hybridized carbons (Fsp3) is 0.130. The van der Waals surface area contributed by atoms with E-state index < -0.39 is 0 Å². The molecule has 0 aliphatic carbocycles. The molecule has 5 nitrogen and oxygen atoms in total. The van der Waals surface area contributed by atoms with E-state index in [0.717, 1.165) is 39.2 Å². The van der Waals surface area contributed by atoms with Crippen LogP contribution in [0, 0.1) is 6.92 Å². The number of ether oxygens (including phenoxy) is 1. The summed E-state index contributed by atoms with van der Waals surface area (Å²) >= 11 is 1.47. The molecule has 0 saturated carbocycles. The summed E-state index contributed by atoms with van der Waals surface area (Å²) in [5.74, 6) is 2.20. The van der Waals surface area contributed by atoms with Gasteiger partial charge in [-0.25, -0.2) is 4.98 Å². The van der Waals surface area contributed by atoms with Gasteiger partial charge in [-0.2, -0.15) is 0 Å². The van der Waals surface area contributed by atoms with E-state index in [9.17, 15) is 4.79 Å². The van der Waals surface area contributed by atoms with Crippen LogP contribution in [0.4, 0.5) is 5.69 Å². The highest BCUT2D eigenvalue weighted by Crippen LogP contribution is 2.26. The smallest absolute Gasteiger partial charge is 0.230 e. The molecule has 2 aromatic carbocycles. The molecule has 0 radical (unpaired) electrons. The fourth-order valence-electron chi connectivity index (χ4n) is 2.80. The second kappa shape index (κ2) is 8.75. The number of hydrogen-bond acceptors (Lipinski definition) is 5. The second-order valence-corrected chi connectivity index (χ2v) is 7.44. The van der Waals surface area contributed by atoms with Crippen molar-refractivity contribution in [3.63, 3.8) is 0 Å². The number of benzene rings is 2. The van der Waals surface area contributed by atoms with Gasteiger partial charge in [0.1, 0.15) is 18.1 Å². The van der Waals surface area contributed by atoms with Gasteiger partial charge >= 0.3 is 0 Å². The largest absolute Gasteiger partial charge is 0.489 e. The van der Waals surface area contributed by atoms with Crippen LogP contribution in [0.1, 0.15) is 17.0 Å². The normalized spacial score (nSPS) is 10.7. The SMILES string of the molecule is Cc1ccc(-c2nc(CC(=O)Nc3ccc(OCc4ccccc4)cc3)cs2)o1. The lowest BCUT2D eigenvalue weighted by molar-refractivity contribution is -0.115. The van der Waals surface area contributed by atoms with Crippen LogP contribution in [0.2, 0.25) is 0 Å². The van der Waals surface area contributed by atoms with Crippen molar-refractivity contribution in [3.05, 3.63) is 89.1 Å². The number of nitrogens with one attached hydrogen (secondary N) is 1. The summed E-state index contributed by atoms with van der Waals surface area (Å²) in [6.45, 7) is 2.40. The number of aryl methyl sites for hydroxylation is 1. The Bertz CT molecular complexity index is 1080. The maximum atomic E-state index is 12.3. The Hall–Kier alpha value is -3.38. The lowest BCUT2D eigenvalue weighted by Gasteiger charge is -2.08. The average Bonchev–Trinajstić information content (AvgIpc) is 3.37. The third-order valence-electron chi connectivity index (χ3n) is 4.23. The maximum Gasteiger partial charge on any atom is 0.230 e. The number of nitrogens with zero attached hydrogens (tertiary/aromatic N) is 1. The summed E-state index contributed by atoms with van der Waals surface area (Å²) in [6, 6.07) is 21.1. The van der Waals surface area contributed by atoms with Gasteiger partial charge < -0.3 is 14.5 Å². The Morgan fingerprint density at radius 3 is 2.59 bits per heavy atom. The molecule has 0 unspecified atom stereocenters. The molecule has 0 aliphatic rings. The zero-order valence-corrected chi connectivity index (χ0v) is 16.7. The Labute approximate surface area is 173 Å². The van der Waals surface area contributed by atoms with E-state index in [2.05, 4.69) is 10.3 Å². The van der Waals surface area contributed by atoms with E-state index in [1.807, 2.05) is 79.0 Å². The first-order valence-electron chi connectivity index (χ1n) is 9.23. The van der Waals surface area contributed by atoms with Crippen LogP contribution in [0.15, 0.2) is 76.5 Å². The van der Waals surface area contributed by atoms with Gasteiger partial charge in [-0.05, 0) is 48.9 Å². The molecule has 2 aromatic heterocycles. The van der Waals surface area contributed by atoms with Gasteiger partial charge in [0.2, 0.25) is 5.91 Å². The van der Waals surface area contributed by atoms with Crippen LogP contribution in [0.3, 0.4) is 0 Å². The standard InChI is InChI=1S/C23H20N2O3S/c1-16-7-12-21(28-16)23-25-19(15-29-23)13-22(26)24-18-8-10-20(11-9-18)27-14-17-5-3-2-4-6-17/h2-12,15H,13-14H2,1H3,(H,24,26). The first-order chi connectivity index (χ1) is 14.2. The van der Waals surface area contributed by atoms with Crippen LogP contribution in [0.25, 0.3) is 10.8 Å². The molecule has 0 fully saturated rings. The molecule has 2 heterocycles. The minimum Gasteiger partial charge on any atom is -0.489 e. The molecule has 0 spiro atoms. The summed E-state index contributed by atoms with van der Waals surface area (Å²) in [4.78, 5) is 16.8. The van der Waals surface area contributed by atoms with Crippen molar-refractivity contribution in [2.75, 3.05) is 5.32 Å². The molecule has 4 aromatic rings. The number of anilines is 1. The van der Waals surface area contributed by atoms with Gasteiger partial charge in [0, 0.05) is 11.1 Å². The summed E-state index contributed by atoms with van der Waals surface area (Å²) in [5, 5.41) is 5.55. The molecule has 0 bridgehead atoms. The van der Waals surface area contributed by atoms with E-state index in [4.69, 9.17) is 9.15 Å². The summed E-state index contributed by atoms with van der Waals surface area (Å²) < 4.78 is 11.3. The molecular formula is C23H20N2O3S. The number of rotatable bonds is 7. The highest BCUT2D eigenvalue weighted by atomic mass is 32.1. The topological polar surface area (TPSA) is 64.4 Å². The molecule has 4 rings (SSSR count). The fourth-order valence-corrected chi connectivity index (χ4v) is 3.58. The molecule has 146 valence electrons. The van der Waals surface area contributed by atoms with Crippen molar-refractivity contribution in [1.29, 1.82) is 0 Å². The predicted molar refractivity (Wildman–Crippen MR) is 114 cm³/mol. The van der Waals surface area contributed by atoms with Crippen LogP contribution in [-0.2, 0) is 17.8 Å². The zero-order valence-electron chi connectivity index (χ0n) is 15.9. The highest BCUT2D eigenvalue weighted by molar-refractivity contribution is 7.13. The first-order valence-corrected chi connectivity index (χ1v) is 10.1.